The summed E-state index contributed by atoms with van der Waals surface area (Å²) >= 11 is 12.1. The van der Waals surface area contributed by atoms with Crippen LogP contribution in [0.5, 0.6) is 0 Å². The van der Waals surface area contributed by atoms with Gasteiger partial charge in [-0.2, -0.15) is 0 Å². The zero-order valence-corrected chi connectivity index (χ0v) is 19.9. The molecule has 1 aliphatic heterocycles. The normalized spacial score (nSPS) is 18.2. The second-order valence-electron chi connectivity index (χ2n) is 9.02. The SMILES string of the molecule is O=C(N[C@@H](Cc1ccc(N2C(=O)CC3(CCCC3)CC2=O)cc1)C(=O)O)c1c(Cl)cccc1Cl. The molecule has 2 fully saturated rings. The molecule has 2 N–H and O–H groups in total. The van der Waals surface area contributed by atoms with Crippen molar-refractivity contribution in [2.75, 3.05) is 4.90 Å². The number of imide groups is 1. The van der Waals surface area contributed by atoms with E-state index in [4.69, 9.17) is 23.2 Å². The highest BCUT2D eigenvalue weighted by Gasteiger charge is 2.45. The van der Waals surface area contributed by atoms with Gasteiger partial charge in [0.05, 0.1) is 21.3 Å². The number of hydrogen-bond donors (Lipinski definition) is 2. The molecule has 0 radical (unpaired) electrons. The standard InChI is InChI=1S/C25H24Cl2N2O5/c26-17-4-3-5-18(27)22(17)23(32)28-19(24(33)34)12-15-6-8-16(9-7-15)29-20(30)13-25(14-21(29)31)10-1-2-11-25/h3-9,19H,1-2,10-14H2,(H,28,32)(H,33,34)/t19-/m0/s1. The van der Waals surface area contributed by atoms with E-state index < -0.39 is 17.9 Å². The largest absolute Gasteiger partial charge is 0.480 e. The summed E-state index contributed by atoms with van der Waals surface area (Å²) in [5.41, 5.74) is 0.910. The molecule has 4 rings (SSSR count). The van der Waals surface area contributed by atoms with Crippen LogP contribution in [0.15, 0.2) is 42.5 Å². The second kappa shape index (κ2) is 9.76. The Balaban J connectivity index is 1.45. The van der Waals surface area contributed by atoms with Crippen molar-refractivity contribution in [1.82, 2.24) is 5.32 Å². The fraction of sp³-hybridized carbons (Fsp3) is 0.360. The van der Waals surface area contributed by atoms with Crippen LogP contribution in [0.2, 0.25) is 10.0 Å². The number of carboxylic acid groups (broad SMARTS) is 1. The third kappa shape index (κ3) is 4.95. The number of carbonyl (C=O) groups is 4. The minimum Gasteiger partial charge on any atom is -0.480 e. The van der Waals surface area contributed by atoms with E-state index in [9.17, 15) is 24.3 Å². The van der Waals surface area contributed by atoms with Crippen LogP contribution in [0.3, 0.4) is 0 Å². The number of piperidine rings is 1. The molecule has 1 heterocycles. The quantitative estimate of drug-likeness (QED) is 0.560. The fourth-order valence-electron chi connectivity index (χ4n) is 4.93. The van der Waals surface area contributed by atoms with Gasteiger partial charge < -0.3 is 10.4 Å². The molecule has 7 nitrogen and oxygen atoms in total. The van der Waals surface area contributed by atoms with Gasteiger partial charge in [-0.3, -0.25) is 19.3 Å². The van der Waals surface area contributed by atoms with E-state index in [0.717, 1.165) is 25.7 Å². The summed E-state index contributed by atoms with van der Waals surface area (Å²) in [6, 6.07) is 9.91. The van der Waals surface area contributed by atoms with Crippen LogP contribution in [0, 0.1) is 5.41 Å². The molecule has 0 unspecified atom stereocenters. The summed E-state index contributed by atoms with van der Waals surface area (Å²) in [6.45, 7) is 0. The van der Waals surface area contributed by atoms with Crippen LogP contribution in [0.1, 0.15) is 54.4 Å². The lowest BCUT2D eigenvalue weighted by Gasteiger charge is -2.37. The van der Waals surface area contributed by atoms with Gasteiger partial charge in [-0.15, -0.1) is 0 Å². The lowest BCUT2D eigenvalue weighted by molar-refractivity contribution is -0.139. The van der Waals surface area contributed by atoms with E-state index in [1.54, 1.807) is 30.3 Å². The van der Waals surface area contributed by atoms with E-state index in [1.165, 1.54) is 17.0 Å². The molecule has 1 spiro atoms. The molecule has 2 aliphatic rings. The van der Waals surface area contributed by atoms with Gasteiger partial charge >= 0.3 is 5.97 Å². The van der Waals surface area contributed by atoms with Crippen molar-refractivity contribution in [3.8, 4) is 0 Å². The zero-order valence-electron chi connectivity index (χ0n) is 18.4. The minimum atomic E-state index is -1.23. The van der Waals surface area contributed by atoms with Crippen LogP contribution >= 0.6 is 23.2 Å². The Morgan fingerprint density at radius 3 is 2.06 bits per heavy atom. The lowest BCUT2D eigenvalue weighted by Crippen LogP contribution is -2.47. The minimum absolute atomic E-state index is 0.00553. The van der Waals surface area contributed by atoms with Crippen molar-refractivity contribution in [3.05, 3.63) is 63.6 Å². The van der Waals surface area contributed by atoms with Gasteiger partial charge in [0.15, 0.2) is 0 Å². The molecule has 2 aromatic rings. The smallest absolute Gasteiger partial charge is 0.326 e. The van der Waals surface area contributed by atoms with Gasteiger partial charge in [-0.05, 0) is 48.1 Å². The summed E-state index contributed by atoms with van der Waals surface area (Å²) in [5, 5.41) is 12.3. The monoisotopic (exact) mass is 502 g/mol. The Morgan fingerprint density at radius 1 is 0.971 bits per heavy atom. The number of carbonyl (C=O) groups excluding carboxylic acids is 3. The molecule has 34 heavy (non-hydrogen) atoms. The molecule has 0 bridgehead atoms. The maximum atomic E-state index is 12.8. The molecular weight excluding hydrogens is 479 g/mol. The molecule has 9 heteroatoms. The number of aliphatic carboxylic acids is 1. The molecule has 178 valence electrons. The highest BCUT2D eigenvalue weighted by atomic mass is 35.5. The third-order valence-electron chi connectivity index (χ3n) is 6.64. The number of carboxylic acids is 1. The van der Waals surface area contributed by atoms with Gasteiger partial charge in [0.2, 0.25) is 11.8 Å². The number of halogens is 2. The molecule has 1 aliphatic carbocycles. The topological polar surface area (TPSA) is 104 Å². The Hall–Kier alpha value is -2.90. The Kier molecular flexibility index (Phi) is 6.96. The van der Waals surface area contributed by atoms with E-state index >= 15 is 0 Å². The molecule has 1 atom stereocenters. The molecule has 1 saturated carbocycles. The number of rotatable bonds is 6. The number of anilines is 1. The number of benzene rings is 2. The maximum absolute atomic E-state index is 12.8. The van der Waals surface area contributed by atoms with Crippen molar-refractivity contribution >= 4 is 52.6 Å². The third-order valence-corrected chi connectivity index (χ3v) is 7.27. The van der Waals surface area contributed by atoms with E-state index in [-0.39, 0.29) is 39.3 Å². The fourth-order valence-corrected chi connectivity index (χ4v) is 5.50. The Bertz CT molecular complexity index is 1100. The number of nitrogens with zero attached hydrogens (tertiary/aromatic N) is 1. The Morgan fingerprint density at radius 2 is 1.53 bits per heavy atom. The van der Waals surface area contributed by atoms with Gasteiger partial charge in [0.25, 0.3) is 5.91 Å². The first-order chi connectivity index (χ1) is 16.2. The van der Waals surface area contributed by atoms with Crippen molar-refractivity contribution < 1.29 is 24.3 Å². The highest BCUT2D eigenvalue weighted by Crippen LogP contribution is 2.47. The van der Waals surface area contributed by atoms with Crippen LogP contribution < -0.4 is 10.2 Å². The maximum Gasteiger partial charge on any atom is 0.326 e. The summed E-state index contributed by atoms with van der Waals surface area (Å²) in [4.78, 5) is 51.2. The van der Waals surface area contributed by atoms with Crippen molar-refractivity contribution in [3.63, 3.8) is 0 Å². The lowest BCUT2D eigenvalue weighted by atomic mass is 9.76. The number of nitrogens with one attached hydrogen (secondary N) is 1. The van der Waals surface area contributed by atoms with Gasteiger partial charge in [0, 0.05) is 19.3 Å². The predicted molar refractivity (Wildman–Crippen MR) is 128 cm³/mol. The number of hydrogen-bond acceptors (Lipinski definition) is 4. The summed E-state index contributed by atoms with van der Waals surface area (Å²) in [7, 11) is 0. The highest BCUT2D eigenvalue weighted by molar-refractivity contribution is 6.39. The van der Waals surface area contributed by atoms with Crippen LogP contribution in [-0.2, 0) is 20.8 Å². The average Bonchev–Trinajstić information content (AvgIpc) is 3.20. The first kappa shape index (κ1) is 24.2. The van der Waals surface area contributed by atoms with Gasteiger partial charge in [-0.25, -0.2) is 4.79 Å². The second-order valence-corrected chi connectivity index (χ2v) is 9.83. The number of amides is 3. The molecule has 0 aromatic heterocycles. The first-order valence-corrected chi connectivity index (χ1v) is 11.9. The average molecular weight is 503 g/mol. The van der Waals surface area contributed by atoms with Crippen molar-refractivity contribution in [2.24, 2.45) is 5.41 Å². The van der Waals surface area contributed by atoms with E-state index in [2.05, 4.69) is 5.32 Å². The van der Waals surface area contributed by atoms with E-state index in [0.29, 0.717) is 24.1 Å². The summed E-state index contributed by atoms with van der Waals surface area (Å²) < 4.78 is 0. The van der Waals surface area contributed by atoms with Crippen LogP contribution in [0.25, 0.3) is 0 Å². The molecule has 1 saturated heterocycles. The van der Waals surface area contributed by atoms with Crippen molar-refractivity contribution in [2.45, 2.75) is 51.0 Å². The van der Waals surface area contributed by atoms with E-state index in [1.807, 2.05) is 0 Å². The van der Waals surface area contributed by atoms with Crippen molar-refractivity contribution in [1.29, 1.82) is 0 Å². The zero-order chi connectivity index (χ0) is 24.5. The molecular formula is C25H24Cl2N2O5. The predicted octanol–water partition coefficient (Wildman–Crippen LogP) is 4.63. The van der Waals surface area contributed by atoms with Crippen LogP contribution in [-0.4, -0.2) is 34.8 Å². The first-order valence-electron chi connectivity index (χ1n) is 11.1. The van der Waals surface area contributed by atoms with Gasteiger partial charge in [0.1, 0.15) is 6.04 Å². The molecule has 2 aromatic carbocycles. The van der Waals surface area contributed by atoms with Gasteiger partial charge in [-0.1, -0.05) is 54.2 Å². The van der Waals surface area contributed by atoms with Crippen LogP contribution in [0.4, 0.5) is 5.69 Å². The Labute approximate surface area is 207 Å². The summed E-state index contributed by atoms with van der Waals surface area (Å²) in [5.74, 6) is -2.30. The summed E-state index contributed by atoms with van der Waals surface area (Å²) in [6.07, 6.45) is 4.68. The molecule has 3 amide bonds.